The van der Waals surface area contributed by atoms with Gasteiger partial charge in [0.1, 0.15) is 11.3 Å². The Bertz CT molecular complexity index is 1450. The van der Waals surface area contributed by atoms with E-state index in [-0.39, 0.29) is 18.2 Å². The number of para-hydroxylation sites is 2. The number of furan rings is 1. The van der Waals surface area contributed by atoms with Crippen molar-refractivity contribution < 1.29 is 14.0 Å². The number of hydrogen-bond donors (Lipinski definition) is 3. The van der Waals surface area contributed by atoms with E-state index in [4.69, 9.17) is 4.42 Å². The number of Topliss-reactive ketones (excluding diaryl/α,β-unsaturated/α-hetero) is 1. The smallest absolute Gasteiger partial charge is 0.240 e. The van der Waals surface area contributed by atoms with E-state index in [2.05, 4.69) is 15.6 Å². The number of amides is 1. The second-order valence-corrected chi connectivity index (χ2v) is 8.94. The predicted molar refractivity (Wildman–Crippen MR) is 137 cm³/mol. The summed E-state index contributed by atoms with van der Waals surface area (Å²) in [5.74, 6) is 0.360. The number of aromatic nitrogens is 1. The lowest BCUT2D eigenvalue weighted by molar-refractivity contribution is -0.127. The van der Waals surface area contributed by atoms with Gasteiger partial charge in [-0.15, -0.1) is 0 Å². The van der Waals surface area contributed by atoms with Crippen LogP contribution >= 0.6 is 0 Å². The van der Waals surface area contributed by atoms with Gasteiger partial charge in [-0.25, -0.2) is 0 Å². The molecule has 35 heavy (non-hydrogen) atoms. The lowest BCUT2D eigenvalue weighted by atomic mass is 9.91. The molecule has 0 radical (unpaired) electrons. The van der Waals surface area contributed by atoms with Crippen LogP contribution in [-0.4, -0.2) is 28.8 Å². The van der Waals surface area contributed by atoms with Gasteiger partial charge in [-0.05, 0) is 30.7 Å². The van der Waals surface area contributed by atoms with Crippen LogP contribution < -0.4 is 10.6 Å². The average molecular weight is 466 g/mol. The van der Waals surface area contributed by atoms with E-state index in [1.807, 2.05) is 85.9 Å². The van der Waals surface area contributed by atoms with E-state index in [9.17, 15) is 9.59 Å². The highest BCUT2D eigenvalue weighted by atomic mass is 16.3. The van der Waals surface area contributed by atoms with Crippen LogP contribution in [0.15, 0.2) is 95.5 Å². The van der Waals surface area contributed by atoms with Crippen LogP contribution in [0.3, 0.4) is 0 Å². The number of aromatic amines is 1. The van der Waals surface area contributed by atoms with Gasteiger partial charge < -0.3 is 14.7 Å². The summed E-state index contributed by atoms with van der Waals surface area (Å²) >= 11 is 0. The molecular weight excluding hydrogens is 438 g/mol. The van der Waals surface area contributed by atoms with Gasteiger partial charge in [-0.1, -0.05) is 66.7 Å². The summed E-state index contributed by atoms with van der Waals surface area (Å²) in [6, 6.07) is 26.8. The quantitative estimate of drug-likeness (QED) is 0.267. The normalized spacial score (nSPS) is 13.1. The van der Waals surface area contributed by atoms with Crippen molar-refractivity contribution in [2.75, 3.05) is 6.54 Å². The Kier molecular flexibility index (Phi) is 6.21. The molecule has 5 aromatic rings. The highest BCUT2D eigenvalue weighted by Crippen LogP contribution is 2.24. The number of benzene rings is 3. The van der Waals surface area contributed by atoms with Gasteiger partial charge in [0.2, 0.25) is 5.91 Å². The number of H-pyrrole nitrogens is 1. The fraction of sp³-hybridized carbons (Fsp3) is 0.172. The number of ketones is 1. The van der Waals surface area contributed by atoms with Crippen molar-refractivity contribution in [3.8, 4) is 0 Å². The molecule has 0 aliphatic carbocycles. The van der Waals surface area contributed by atoms with Crippen molar-refractivity contribution >= 4 is 33.6 Å². The van der Waals surface area contributed by atoms with Crippen LogP contribution in [0.4, 0.5) is 0 Å². The molecule has 2 heterocycles. The molecule has 0 fully saturated rings. The van der Waals surface area contributed by atoms with Gasteiger partial charge in [-0.2, -0.15) is 0 Å². The summed E-state index contributed by atoms with van der Waals surface area (Å²) in [5, 5.41) is 8.34. The molecule has 3 aromatic carbocycles. The molecule has 5 rings (SSSR count). The minimum Gasteiger partial charge on any atom is -0.460 e. The maximum Gasteiger partial charge on any atom is 0.240 e. The Morgan fingerprint density at radius 2 is 1.69 bits per heavy atom. The number of hydrogen-bond acceptors (Lipinski definition) is 4. The molecule has 176 valence electrons. The van der Waals surface area contributed by atoms with Crippen molar-refractivity contribution in [2.24, 2.45) is 0 Å². The highest BCUT2D eigenvalue weighted by Gasteiger charge is 2.34. The first-order valence-electron chi connectivity index (χ1n) is 11.7. The summed E-state index contributed by atoms with van der Waals surface area (Å²) in [7, 11) is 0. The lowest BCUT2D eigenvalue weighted by Gasteiger charge is -2.29. The molecule has 6 nitrogen and oxygen atoms in total. The van der Waals surface area contributed by atoms with E-state index in [1.165, 1.54) is 0 Å². The van der Waals surface area contributed by atoms with Gasteiger partial charge >= 0.3 is 0 Å². The van der Waals surface area contributed by atoms with Gasteiger partial charge in [-0.3, -0.25) is 14.9 Å². The number of carbonyl (C=O) groups is 2. The molecule has 0 bridgehead atoms. The third kappa shape index (κ3) is 4.88. The summed E-state index contributed by atoms with van der Waals surface area (Å²) in [6.07, 6.45) is 2.37. The van der Waals surface area contributed by atoms with Gasteiger partial charge in [0.25, 0.3) is 0 Å². The third-order valence-corrected chi connectivity index (χ3v) is 6.35. The Morgan fingerprint density at radius 3 is 2.51 bits per heavy atom. The molecule has 0 aliphatic rings. The number of carbonyl (C=O) groups excluding carboxylic acids is 2. The number of nitrogens with one attached hydrogen (secondary N) is 3. The molecule has 0 saturated carbocycles. The second kappa shape index (κ2) is 9.60. The summed E-state index contributed by atoms with van der Waals surface area (Å²) in [5.41, 5.74) is 2.43. The largest absolute Gasteiger partial charge is 0.460 e. The van der Waals surface area contributed by atoms with Crippen LogP contribution in [0.25, 0.3) is 21.9 Å². The average Bonchev–Trinajstić information content (AvgIpc) is 3.50. The molecule has 1 unspecified atom stereocenters. The van der Waals surface area contributed by atoms with Gasteiger partial charge in [0, 0.05) is 34.5 Å². The van der Waals surface area contributed by atoms with Crippen LogP contribution in [0.5, 0.6) is 0 Å². The second-order valence-electron chi connectivity index (χ2n) is 8.94. The maximum atomic E-state index is 13.5. The molecule has 3 N–H and O–H groups in total. The SMILES string of the molecule is CC(Cc1c[nH]c2ccccc12)(NCc1cc2ccccc2o1)C(=O)NCC(=O)c1ccccc1. The van der Waals surface area contributed by atoms with E-state index >= 15 is 0 Å². The Balaban J connectivity index is 1.37. The maximum absolute atomic E-state index is 13.5. The third-order valence-electron chi connectivity index (χ3n) is 6.35. The minimum atomic E-state index is -0.985. The number of fused-ring (bicyclic) bond motifs is 2. The summed E-state index contributed by atoms with van der Waals surface area (Å²) in [4.78, 5) is 29.4. The molecule has 0 saturated heterocycles. The standard InChI is InChI=1S/C29H27N3O3/c1-29(16-22-17-30-25-13-7-6-12-24(22)25,28(34)31-19-26(33)20-9-3-2-4-10-20)32-18-23-15-21-11-5-8-14-27(21)35-23/h2-15,17,30,32H,16,18-19H2,1H3,(H,31,34). The van der Waals surface area contributed by atoms with Gasteiger partial charge in [0.15, 0.2) is 5.78 Å². The summed E-state index contributed by atoms with van der Waals surface area (Å²) in [6.45, 7) is 2.16. The minimum absolute atomic E-state index is 0.0708. The topological polar surface area (TPSA) is 87.1 Å². The van der Waals surface area contributed by atoms with Crippen LogP contribution in [0, 0.1) is 0 Å². The molecule has 1 atom stereocenters. The van der Waals surface area contributed by atoms with E-state index in [0.29, 0.717) is 18.5 Å². The van der Waals surface area contributed by atoms with Crippen molar-refractivity contribution in [3.05, 3.63) is 108 Å². The van der Waals surface area contributed by atoms with Crippen molar-refractivity contribution in [2.45, 2.75) is 25.4 Å². The first-order chi connectivity index (χ1) is 17.0. The summed E-state index contributed by atoms with van der Waals surface area (Å²) < 4.78 is 5.95. The predicted octanol–water partition coefficient (Wildman–Crippen LogP) is 5.00. The van der Waals surface area contributed by atoms with Crippen molar-refractivity contribution in [1.29, 1.82) is 0 Å². The van der Waals surface area contributed by atoms with Gasteiger partial charge in [0.05, 0.1) is 18.6 Å². The van der Waals surface area contributed by atoms with Crippen LogP contribution in [-0.2, 0) is 17.8 Å². The van der Waals surface area contributed by atoms with Crippen LogP contribution in [0.2, 0.25) is 0 Å². The van der Waals surface area contributed by atoms with Crippen molar-refractivity contribution in [1.82, 2.24) is 15.6 Å². The molecule has 2 aromatic heterocycles. The first-order valence-corrected chi connectivity index (χ1v) is 11.7. The molecule has 1 amide bonds. The fourth-order valence-corrected chi connectivity index (χ4v) is 4.37. The first kappa shape index (κ1) is 22.6. The fourth-order valence-electron chi connectivity index (χ4n) is 4.37. The zero-order valence-electron chi connectivity index (χ0n) is 19.5. The highest BCUT2D eigenvalue weighted by molar-refractivity contribution is 6.00. The Morgan fingerprint density at radius 1 is 0.943 bits per heavy atom. The Labute approximate surface area is 203 Å². The number of rotatable bonds is 9. The lowest BCUT2D eigenvalue weighted by Crippen LogP contribution is -2.56. The van der Waals surface area contributed by atoms with E-state index in [1.54, 1.807) is 12.1 Å². The van der Waals surface area contributed by atoms with E-state index in [0.717, 1.165) is 33.2 Å². The van der Waals surface area contributed by atoms with Crippen LogP contribution in [0.1, 0.15) is 28.6 Å². The molecule has 6 heteroatoms. The molecular formula is C29H27N3O3. The zero-order chi connectivity index (χ0) is 24.3. The molecule has 0 spiro atoms. The Hall–Kier alpha value is -4.16. The van der Waals surface area contributed by atoms with Crippen molar-refractivity contribution in [3.63, 3.8) is 0 Å². The van der Waals surface area contributed by atoms with E-state index < -0.39 is 5.54 Å². The molecule has 0 aliphatic heterocycles. The zero-order valence-corrected chi connectivity index (χ0v) is 19.5. The monoisotopic (exact) mass is 465 g/mol.